The summed E-state index contributed by atoms with van der Waals surface area (Å²) in [6, 6.07) is 12.2. The van der Waals surface area contributed by atoms with E-state index in [-0.39, 0.29) is 0 Å². The number of ether oxygens (including phenoxy) is 1. The summed E-state index contributed by atoms with van der Waals surface area (Å²) in [4.78, 5) is 9.07. The SMILES string of the molecule is Cc1n[nH]nc1-c1ccnc(-c2cn(C[C@@H]3CCOc4ccccc43)cn2)c1. The molecule has 1 aliphatic rings. The molecule has 28 heavy (non-hydrogen) atoms. The van der Waals surface area contributed by atoms with Gasteiger partial charge >= 0.3 is 0 Å². The van der Waals surface area contributed by atoms with Gasteiger partial charge in [0.15, 0.2) is 0 Å². The highest BCUT2D eigenvalue weighted by molar-refractivity contribution is 5.67. The lowest BCUT2D eigenvalue weighted by molar-refractivity contribution is 0.259. The van der Waals surface area contributed by atoms with Crippen LogP contribution in [0.1, 0.15) is 23.6 Å². The van der Waals surface area contributed by atoms with Crippen molar-refractivity contribution in [2.24, 2.45) is 0 Å². The first-order valence-corrected chi connectivity index (χ1v) is 9.35. The van der Waals surface area contributed by atoms with Gasteiger partial charge < -0.3 is 9.30 Å². The third-order valence-corrected chi connectivity index (χ3v) is 5.17. The number of hydrogen-bond donors (Lipinski definition) is 1. The van der Waals surface area contributed by atoms with Gasteiger partial charge in [0.25, 0.3) is 0 Å². The lowest BCUT2D eigenvalue weighted by Gasteiger charge is -2.26. The van der Waals surface area contributed by atoms with E-state index in [0.29, 0.717) is 5.92 Å². The summed E-state index contributed by atoms with van der Waals surface area (Å²) < 4.78 is 7.91. The molecule has 140 valence electrons. The third kappa shape index (κ3) is 3.05. The summed E-state index contributed by atoms with van der Waals surface area (Å²) in [7, 11) is 0. The zero-order valence-electron chi connectivity index (χ0n) is 15.5. The Morgan fingerprint density at radius 2 is 2.07 bits per heavy atom. The highest BCUT2D eigenvalue weighted by Gasteiger charge is 2.21. The van der Waals surface area contributed by atoms with Crippen LogP contribution in [0.15, 0.2) is 55.1 Å². The first-order chi connectivity index (χ1) is 13.8. The molecule has 4 aromatic rings. The number of nitrogens with zero attached hydrogens (tertiary/aromatic N) is 5. The fraction of sp³-hybridized carbons (Fsp3) is 0.238. The fourth-order valence-electron chi connectivity index (χ4n) is 3.73. The number of hydrogen-bond acceptors (Lipinski definition) is 5. The topological polar surface area (TPSA) is 81.5 Å². The van der Waals surface area contributed by atoms with E-state index < -0.39 is 0 Å². The summed E-state index contributed by atoms with van der Waals surface area (Å²) >= 11 is 0. The Morgan fingerprint density at radius 1 is 1.14 bits per heavy atom. The molecule has 5 rings (SSSR count). The van der Waals surface area contributed by atoms with E-state index in [4.69, 9.17) is 4.74 Å². The summed E-state index contributed by atoms with van der Waals surface area (Å²) in [6.45, 7) is 3.55. The maximum absolute atomic E-state index is 5.78. The van der Waals surface area contributed by atoms with E-state index >= 15 is 0 Å². The van der Waals surface area contributed by atoms with Crippen LogP contribution in [0.3, 0.4) is 0 Å². The summed E-state index contributed by atoms with van der Waals surface area (Å²) in [5, 5.41) is 11.0. The molecular formula is C21H20N6O. The Hall–Kier alpha value is -3.48. The van der Waals surface area contributed by atoms with Crippen LogP contribution in [-0.4, -0.2) is 36.6 Å². The van der Waals surface area contributed by atoms with Crippen LogP contribution in [0.25, 0.3) is 22.6 Å². The molecule has 0 aliphatic carbocycles. The Kier molecular flexibility index (Phi) is 4.12. The van der Waals surface area contributed by atoms with Gasteiger partial charge in [-0.2, -0.15) is 15.4 Å². The second-order valence-corrected chi connectivity index (χ2v) is 7.01. The van der Waals surface area contributed by atoms with E-state index in [1.165, 1.54) is 5.56 Å². The summed E-state index contributed by atoms with van der Waals surface area (Å²) in [5.74, 6) is 1.42. The number of aromatic nitrogens is 6. The van der Waals surface area contributed by atoms with Gasteiger partial charge in [0, 0.05) is 30.4 Å². The second kappa shape index (κ2) is 6.92. The smallest absolute Gasteiger partial charge is 0.122 e. The molecule has 0 saturated carbocycles. The van der Waals surface area contributed by atoms with Crippen LogP contribution in [-0.2, 0) is 6.54 Å². The maximum atomic E-state index is 5.78. The second-order valence-electron chi connectivity index (χ2n) is 7.01. The molecule has 7 heteroatoms. The number of aryl methyl sites for hydroxylation is 1. The molecule has 0 unspecified atom stereocenters. The van der Waals surface area contributed by atoms with Gasteiger partial charge in [0.2, 0.25) is 0 Å². The van der Waals surface area contributed by atoms with Gasteiger partial charge in [-0.3, -0.25) is 4.98 Å². The predicted molar refractivity (Wildman–Crippen MR) is 105 cm³/mol. The molecule has 0 amide bonds. The number of para-hydroxylation sites is 1. The first kappa shape index (κ1) is 16.7. The van der Waals surface area contributed by atoms with Crippen molar-refractivity contribution in [3.63, 3.8) is 0 Å². The molecule has 0 fully saturated rings. The minimum Gasteiger partial charge on any atom is -0.493 e. The average Bonchev–Trinajstić information content (AvgIpc) is 3.37. The first-order valence-electron chi connectivity index (χ1n) is 9.35. The molecule has 7 nitrogen and oxygen atoms in total. The molecule has 3 aromatic heterocycles. The van der Waals surface area contributed by atoms with Gasteiger partial charge in [-0.25, -0.2) is 4.98 Å². The van der Waals surface area contributed by atoms with E-state index in [9.17, 15) is 0 Å². The zero-order valence-corrected chi connectivity index (χ0v) is 15.5. The molecule has 4 heterocycles. The lowest BCUT2D eigenvalue weighted by Crippen LogP contribution is -2.18. The molecular weight excluding hydrogens is 352 g/mol. The van der Waals surface area contributed by atoms with Gasteiger partial charge in [-0.05, 0) is 37.1 Å². The van der Waals surface area contributed by atoms with E-state index in [1.54, 1.807) is 6.20 Å². The van der Waals surface area contributed by atoms with Gasteiger partial charge in [0.05, 0.1) is 24.3 Å². The van der Waals surface area contributed by atoms with E-state index in [2.05, 4.69) is 48.3 Å². The third-order valence-electron chi connectivity index (χ3n) is 5.17. The van der Waals surface area contributed by atoms with Crippen molar-refractivity contribution < 1.29 is 4.74 Å². The molecule has 1 aliphatic heterocycles. The largest absolute Gasteiger partial charge is 0.493 e. The van der Waals surface area contributed by atoms with Gasteiger partial charge in [-0.15, -0.1) is 0 Å². The Bertz CT molecular complexity index is 1120. The van der Waals surface area contributed by atoms with Crippen LogP contribution in [0.2, 0.25) is 0 Å². The number of rotatable bonds is 4. The normalized spacial score (nSPS) is 15.8. The average molecular weight is 372 g/mol. The van der Waals surface area contributed by atoms with Crippen molar-refractivity contribution in [1.82, 2.24) is 29.9 Å². The van der Waals surface area contributed by atoms with Crippen molar-refractivity contribution in [2.75, 3.05) is 6.61 Å². The standard InChI is InChI=1S/C21H20N6O/c1-14-21(25-26-24-14)15-6-8-22-18(10-15)19-12-27(13-23-19)11-16-7-9-28-20-5-3-2-4-17(16)20/h2-6,8,10,12-13,16H,7,9,11H2,1H3,(H,24,25,26)/t16-/m0/s1. The van der Waals surface area contributed by atoms with Crippen LogP contribution < -0.4 is 4.74 Å². The molecule has 1 N–H and O–H groups in total. The van der Waals surface area contributed by atoms with Crippen molar-refractivity contribution in [3.8, 4) is 28.4 Å². The molecule has 0 saturated heterocycles. The predicted octanol–water partition coefficient (Wildman–Crippen LogP) is 3.60. The molecule has 1 aromatic carbocycles. The van der Waals surface area contributed by atoms with Gasteiger partial charge in [-0.1, -0.05) is 18.2 Å². The summed E-state index contributed by atoms with van der Waals surface area (Å²) in [5.41, 5.74) is 5.62. The lowest BCUT2D eigenvalue weighted by atomic mass is 9.93. The molecule has 0 bridgehead atoms. The van der Waals surface area contributed by atoms with Crippen LogP contribution in [0, 0.1) is 6.92 Å². The number of fused-ring (bicyclic) bond motifs is 1. The number of aromatic amines is 1. The number of nitrogens with one attached hydrogen (secondary N) is 1. The number of H-pyrrole nitrogens is 1. The minimum atomic E-state index is 0.420. The Morgan fingerprint density at radius 3 is 2.96 bits per heavy atom. The van der Waals surface area contributed by atoms with Crippen molar-refractivity contribution >= 4 is 0 Å². The van der Waals surface area contributed by atoms with Crippen molar-refractivity contribution in [3.05, 3.63) is 66.4 Å². The van der Waals surface area contributed by atoms with Crippen molar-refractivity contribution in [1.29, 1.82) is 0 Å². The maximum Gasteiger partial charge on any atom is 0.122 e. The number of pyridine rings is 1. The summed E-state index contributed by atoms with van der Waals surface area (Å²) in [6.07, 6.45) is 6.72. The number of imidazole rings is 1. The molecule has 0 radical (unpaired) electrons. The zero-order chi connectivity index (χ0) is 18.9. The van der Waals surface area contributed by atoms with Crippen LogP contribution >= 0.6 is 0 Å². The van der Waals surface area contributed by atoms with Crippen molar-refractivity contribution in [2.45, 2.75) is 25.8 Å². The van der Waals surface area contributed by atoms with Gasteiger partial charge in [0.1, 0.15) is 17.1 Å². The molecule has 1 atom stereocenters. The minimum absolute atomic E-state index is 0.420. The monoisotopic (exact) mass is 372 g/mol. The Labute approximate surface area is 162 Å². The van der Waals surface area contributed by atoms with Crippen LogP contribution in [0.4, 0.5) is 0 Å². The van der Waals surface area contributed by atoms with E-state index in [0.717, 1.165) is 53.7 Å². The van der Waals surface area contributed by atoms with E-state index in [1.807, 2.05) is 37.5 Å². The Balaban J connectivity index is 1.40. The highest BCUT2D eigenvalue weighted by atomic mass is 16.5. The quantitative estimate of drug-likeness (QED) is 0.592. The number of benzene rings is 1. The van der Waals surface area contributed by atoms with Crippen LogP contribution in [0.5, 0.6) is 5.75 Å². The fourth-order valence-corrected chi connectivity index (χ4v) is 3.73. The highest BCUT2D eigenvalue weighted by Crippen LogP contribution is 2.34. The molecule has 0 spiro atoms.